The maximum Gasteiger partial charge on any atom is 0.410 e. The standard InChI is InChI=1S/C31H50N2O8/c1-10-21-26-23-18(5)22(32-11-12-33(23)30(37)40-26)16(3)14-31(8,9)27(19(6)25(35)20(7)28(36)39-21)41-29-24(34)15(2)13-17(4)38-29/h15-21,23-24,26-27,29,34H,10-14H2,1-9H3/t15-,16+,17+,18-,19-,20+,21+,23+,24+,26+,27+,29-/m0/s1. The van der Waals surface area contributed by atoms with Gasteiger partial charge in [0, 0.05) is 24.1 Å². The molecule has 1 N–H and O–H groups in total. The van der Waals surface area contributed by atoms with E-state index >= 15 is 0 Å². The topological polar surface area (TPSA) is 124 Å². The number of aliphatic hydroxyl groups is 1. The number of aliphatic hydroxyl groups excluding tert-OH is 1. The van der Waals surface area contributed by atoms with Crippen molar-refractivity contribution in [1.29, 1.82) is 0 Å². The highest BCUT2D eigenvalue weighted by Gasteiger charge is 2.53. The highest BCUT2D eigenvalue weighted by atomic mass is 16.7. The number of amides is 1. The van der Waals surface area contributed by atoms with E-state index in [4.69, 9.17) is 23.9 Å². The summed E-state index contributed by atoms with van der Waals surface area (Å²) in [5, 5.41) is 11.0. The van der Waals surface area contributed by atoms with E-state index in [2.05, 4.69) is 27.7 Å². The van der Waals surface area contributed by atoms with Crippen molar-refractivity contribution in [2.75, 3.05) is 13.1 Å². The van der Waals surface area contributed by atoms with Crippen LogP contribution in [-0.2, 0) is 28.5 Å². The van der Waals surface area contributed by atoms with Crippen LogP contribution >= 0.6 is 0 Å². The Morgan fingerprint density at radius 1 is 1.05 bits per heavy atom. The molecule has 4 rings (SSSR count). The van der Waals surface area contributed by atoms with E-state index in [9.17, 15) is 19.5 Å². The van der Waals surface area contributed by atoms with E-state index in [0.29, 0.717) is 32.4 Å². The molecule has 2 bridgehead atoms. The summed E-state index contributed by atoms with van der Waals surface area (Å²) in [6.45, 7) is 18.4. The molecule has 0 radical (unpaired) electrons. The van der Waals surface area contributed by atoms with E-state index < -0.39 is 60.0 Å². The SMILES string of the molecule is CC[C@H]1OC(=O)[C@H](C)C(=O)[C@H](C)[C@@H](O[C@@H]2O[C@H](C)C[C@H](C)[C@H]2O)C(C)(C)C[C@@H](C)C2=NCCN3C(=O)O[C@H]1[C@H]3[C@H]2C. The molecule has 232 valence electrons. The third-order valence-corrected chi connectivity index (χ3v) is 9.82. The Balaban J connectivity index is 1.75. The third kappa shape index (κ3) is 6.20. The van der Waals surface area contributed by atoms with E-state index in [-0.39, 0.29) is 35.7 Å². The average molecular weight is 579 g/mol. The number of aliphatic imine (C=N–C) groups is 1. The summed E-state index contributed by atoms with van der Waals surface area (Å²) >= 11 is 0. The molecule has 10 heteroatoms. The molecule has 3 fully saturated rings. The molecule has 0 aliphatic carbocycles. The van der Waals surface area contributed by atoms with Gasteiger partial charge in [0.1, 0.15) is 18.1 Å². The number of esters is 1. The first-order valence-electron chi connectivity index (χ1n) is 15.4. The van der Waals surface area contributed by atoms with Crippen molar-refractivity contribution in [2.45, 2.75) is 124 Å². The summed E-state index contributed by atoms with van der Waals surface area (Å²) in [5.74, 6) is -2.83. The van der Waals surface area contributed by atoms with Crippen molar-refractivity contribution in [3.05, 3.63) is 0 Å². The summed E-state index contributed by atoms with van der Waals surface area (Å²) in [6.07, 6.45) is -2.46. The Kier molecular flexibility index (Phi) is 9.56. The van der Waals surface area contributed by atoms with Crippen LogP contribution in [0.4, 0.5) is 4.79 Å². The second-order valence-electron chi connectivity index (χ2n) is 13.6. The maximum atomic E-state index is 13.9. The minimum atomic E-state index is -1.05. The van der Waals surface area contributed by atoms with E-state index in [1.54, 1.807) is 18.7 Å². The van der Waals surface area contributed by atoms with E-state index in [1.807, 2.05) is 20.8 Å². The van der Waals surface area contributed by atoms with Crippen molar-refractivity contribution < 1.29 is 38.4 Å². The molecule has 0 aromatic rings. The fraction of sp³-hybridized carbons (Fsp3) is 0.871. The van der Waals surface area contributed by atoms with Gasteiger partial charge in [-0.2, -0.15) is 0 Å². The Morgan fingerprint density at radius 2 is 1.73 bits per heavy atom. The van der Waals surface area contributed by atoms with Crippen molar-refractivity contribution in [1.82, 2.24) is 4.90 Å². The largest absolute Gasteiger partial charge is 0.458 e. The molecule has 0 saturated carbocycles. The molecule has 0 aromatic heterocycles. The van der Waals surface area contributed by atoms with Crippen molar-refractivity contribution >= 4 is 23.6 Å². The zero-order chi connectivity index (χ0) is 30.4. The Morgan fingerprint density at radius 3 is 2.39 bits per heavy atom. The number of carbonyl (C=O) groups excluding carboxylic acids is 3. The first-order chi connectivity index (χ1) is 19.2. The molecule has 41 heavy (non-hydrogen) atoms. The van der Waals surface area contributed by atoms with Crippen LogP contribution < -0.4 is 0 Å². The average Bonchev–Trinajstić information content (AvgIpc) is 3.12. The molecule has 4 aliphatic heterocycles. The second-order valence-corrected chi connectivity index (χ2v) is 13.6. The zero-order valence-corrected chi connectivity index (χ0v) is 26.2. The monoisotopic (exact) mass is 578 g/mol. The molecule has 0 spiro atoms. The lowest BCUT2D eigenvalue weighted by atomic mass is 9.70. The highest BCUT2D eigenvalue weighted by molar-refractivity contribution is 6.00. The van der Waals surface area contributed by atoms with Crippen LogP contribution in [0.3, 0.4) is 0 Å². The maximum absolute atomic E-state index is 13.9. The summed E-state index contributed by atoms with van der Waals surface area (Å²) in [5.41, 5.74) is 0.408. The number of hydrogen-bond acceptors (Lipinski definition) is 9. The van der Waals surface area contributed by atoms with Gasteiger partial charge in [-0.05, 0) is 50.4 Å². The van der Waals surface area contributed by atoms with Crippen LogP contribution in [0, 0.1) is 35.0 Å². The Labute approximate surface area is 244 Å². The predicted octanol–water partition coefficient (Wildman–Crippen LogP) is 4.01. The van der Waals surface area contributed by atoms with Crippen molar-refractivity contribution in [3.8, 4) is 0 Å². The van der Waals surface area contributed by atoms with Crippen LogP contribution in [0.15, 0.2) is 4.99 Å². The number of Topliss-reactive ketones (excluding diaryl/α,β-unsaturated/α-hetero) is 1. The minimum Gasteiger partial charge on any atom is -0.458 e. The Hall–Kier alpha value is -2.04. The Bertz CT molecular complexity index is 1030. The smallest absolute Gasteiger partial charge is 0.410 e. The van der Waals surface area contributed by atoms with Gasteiger partial charge in [-0.1, -0.05) is 48.5 Å². The van der Waals surface area contributed by atoms with Crippen molar-refractivity contribution in [2.24, 2.45) is 40.0 Å². The number of ketones is 1. The van der Waals surface area contributed by atoms with Crippen molar-refractivity contribution in [3.63, 3.8) is 0 Å². The molecular weight excluding hydrogens is 528 g/mol. The van der Waals surface area contributed by atoms with Gasteiger partial charge in [0.05, 0.1) is 24.8 Å². The number of fused-ring (bicyclic) bond motifs is 1. The lowest BCUT2D eigenvalue weighted by Gasteiger charge is -2.45. The minimum absolute atomic E-state index is 0.00254. The summed E-state index contributed by atoms with van der Waals surface area (Å²) in [4.78, 5) is 46.9. The van der Waals surface area contributed by atoms with Crippen LogP contribution in [0.25, 0.3) is 0 Å². The number of nitrogens with zero attached hydrogens (tertiary/aromatic N) is 2. The third-order valence-electron chi connectivity index (χ3n) is 9.82. The van der Waals surface area contributed by atoms with Gasteiger partial charge in [-0.15, -0.1) is 0 Å². The normalized spacial score (nSPS) is 43.9. The van der Waals surface area contributed by atoms with Crippen LogP contribution in [0.2, 0.25) is 0 Å². The molecular formula is C31H50N2O8. The van der Waals surface area contributed by atoms with Crippen LogP contribution in [0.5, 0.6) is 0 Å². The molecule has 0 unspecified atom stereocenters. The molecule has 3 saturated heterocycles. The fourth-order valence-corrected chi connectivity index (χ4v) is 7.69. The van der Waals surface area contributed by atoms with Gasteiger partial charge in [-0.3, -0.25) is 19.5 Å². The highest BCUT2D eigenvalue weighted by Crippen LogP contribution is 2.42. The summed E-state index contributed by atoms with van der Waals surface area (Å²) < 4.78 is 24.4. The van der Waals surface area contributed by atoms with Crippen LogP contribution in [0.1, 0.15) is 81.6 Å². The fourth-order valence-electron chi connectivity index (χ4n) is 7.69. The molecule has 4 aliphatic rings. The molecule has 4 heterocycles. The number of hydrogen-bond donors (Lipinski definition) is 1. The summed E-state index contributed by atoms with van der Waals surface area (Å²) in [6, 6.07) is -0.333. The molecule has 12 atom stereocenters. The van der Waals surface area contributed by atoms with E-state index in [1.165, 1.54) is 0 Å². The lowest BCUT2D eigenvalue weighted by molar-refractivity contribution is -0.284. The number of cyclic esters (lactones) is 1. The quantitative estimate of drug-likeness (QED) is 0.394. The number of ether oxygens (including phenoxy) is 4. The van der Waals surface area contributed by atoms with E-state index in [0.717, 1.165) is 5.71 Å². The first-order valence-corrected chi connectivity index (χ1v) is 15.4. The predicted molar refractivity (Wildman–Crippen MR) is 152 cm³/mol. The zero-order valence-electron chi connectivity index (χ0n) is 26.2. The van der Waals surface area contributed by atoms with Gasteiger partial charge >= 0.3 is 12.1 Å². The van der Waals surface area contributed by atoms with Gasteiger partial charge in [0.2, 0.25) is 0 Å². The number of carbonyl (C=O) groups is 3. The molecule has 10 nitrogen and oxygen atoms in total. The van der Waals surface area contributed by atoms with Crippen LogP contribution in [-0.4, -0.2) is 89.5 Å². The van der Waals surface area contributed by atoms with Gasteiger partial charge in [-0.25, -0.2) is 4.79 Å². The van der Waals surface area contributed by atoms with Gasteiger partial charge in [0.25, 0.3) is 0 Å². The molecule has 0 aromatic carbocycles. The lowest BCUT2D eigenvalue weighted by Crippen LogP contribution is -2.53. The molecule has 1 amide bonds. The first kappa shape index (κ1) is 31.9. The second kappa shape index (κ2) is 12.3. The van der Waals surface area contributed by atoms with Gasteiger partial charge in [0.15, 0.2) is 18.2 Å². The number of rotatable bonds is 3. The summed E-state index contributed by atoms with van der Waals surface area (Å²) in [7, 11) is 0. The van der Waals surface area contributed by atoms with Gasteiger partial charge < -0.3 is 24.1 Å².